The van der Waals surface area contributed by atoms with E-state index >= 15 is 0 Å². The molecule has 2 rings (SSSR count). The predicted octanol–water partition coefficient (Wildman–Crippen LogP) is 4.60. The molecule has 2 aromatic carbocycles. The molecule has 0 spiro atoms. The minimum atomic E-state index is -1.13. The Hall–Kier alpha value is -1.66. The van der Waals surface area contributed by atoms with Crippen molar-refractivity contribution in [1.82, 2.24) is 0 Å². The number of aromatic carboxylic acids is 2. The zero-order valence-electron chi connectivity index (χ0n) is 11.0. The topological polar surface area (TPSA) is 74.6 Å². The van der Waals surface area contributed by atoms with Crippen LogP contribution in [0.1, 0.15) is 26.3 Å². The Morgan fingerprint density at radius 3 is 1.57 bits per heavy atom. The van der Waals surface area contributed by atoms with Crippen LogP contribution < -0.4 is 0 Å². The van der Waals surface area contributed by atoms with Crippen LogP contribution in [0.2, 0.25) is 0 Å². The first-order valence-electron chi connectivity index (χ1n) is 5.80. The van der Waals surface area contributed by atoms with E-state index in [0.29, 0.717) is 4.47 Å². The Kier molecular flexibility index (Phi) is 6.58. The van der Waals surface area contributed by atoms with Gasteiger partial charge >= 0.3 is 11.9 Å². The molecule has 0 aliphatic rings. The molecule has 6 heteroatoms. The Morgan fingerprint density at radius 1 is 0.857 bits per heavy atom. The Morgan fingerprint density at radius 2 is 1.29 bits per heavy atom. The zero-order chi connectivity index (χ0) is 16.0. The van der Waals surface area contributed by atoms with E-state index in [0.717, 1.165) is 4.47 Å². The van der Waals surface area contributed by atoms with Crippen LogP contribution in [0, 0.1) is 6.92 Å². The molecule has 0 amide bonds. The normalized spacial score (nSPS) is 9.48. The van der Waals surface area contributed by atoms with Crippen molar-refractivity contribution in [3.8, 4) is 0 Å². The van der Waals surface area contributed by atoms with Gasteiger partial charge in [-0.2, -0.15) is 0 Å². The van der Waals surface area contributed by atoms with Crippen molar-refractivity contribution in [2.45, 2.75) is 6.92 Å². The molecule has 0 bridgehead atoms. The lowest BCUT2D eigenvalue weighted by atomic mass is 10.0. The van der Waals surface area contributed by atoms with E-state index in [4.69, 9.17) is 10.2 Å². The second-order valence-electron chi connectivity index (χ2n) is 4.03. The van der Waals surface area contributed by atoms with Crippen molar-refractivity contribution >= 4 is 43.8 Å². The van der Waals surface area contributed by atoms with Gasteiger partial charge in [-0.1, -0.05) is 50.1 Å². The van der Waals surface area contributed by atoms with Crippen LogP contribution in [-0.4, -0.2) is 22.2 Å². The van der Waals surface area contributed by atoms with E-state index in [9.17, 15) is 9.59 Å². The summed E-state index contributed by atoms with van der Waals surface area (Å²) in [7, 11) is 0. The third-order valence-corrected chi connectivity index (χ3v) is 3.55. The van der Waals surface area contributed by atoms with Crippen molar-refractivity contribution < 1.29 is 19.8 Å². The van der Waals surface area contributed by atoms with Crippen molar-refractivity contribution in [1.29, 1.82) is 0 Å². The lowest BCUT2D eigenvalue weighted by Crippen LogP contribution is -2.07. The number of halogens is 2. The summed E-state index contributed by atoms with van der Waals surface area (Å²) in [5.41, 5.74) is 0.252. The molecule has 0 radical (unpaired) electrons. The first-order chi connectivity index (χ1) is 9.82. The quantitative estimate of drug-likeness (QED) is 0.751. The molecule has 2 aromatic rings. The molecule has 110 valence electrons. The summed E-state index contributed by atoms with van der Waals surface area (Å²) in [6.07, 6.45) is 0. The van der Waals surface area contributed by atoms with Gasteiger partial charge in [-0.3, -0.25) is 0 Å². The maximum Gasteiger partial charge on any atom is 0.336 e. The molecule has 21 heavy (non-hydrogen) atoms. The molecule has 2 N–H and O–H groups in total. The maximum absolute atomic E-state index is 10.7. The summed E-state index contributed by atoms with van der Waals surface area (Å²) in [5.74, 6) is -2.27. The van der Waals surface area contributed by atoms with E-state index < -0.39 is 11.9 Å². The van der Waals surface area contributed by atoms with Gasteiger partial charge in [0.15, 0.2) is 0 Å². The number of hydrogen-bond acceptors (Lipinski definition) is 2. The Bertz CT molecular complexity index is 619. The molecule has 0 aliphatic carbocycles. The van der Waals surface area contributed by atoms with Crippen LogP contribution in [-0.2, 0) is 0 Å². The monoisotopic (exact) mass is 414 g/mol. The molecule has 0 fully saturated rings. The number of carbonyl (C=O) groups is 2. The van der Waals surface area contributed by atoms with Crippen LogP contribution in [0.5, 0.6) is 0 Å². The molecule has 0 atom stereocenters. The van der Waals surface area contributed by atoms with Crippen LogP contribution in [0.4, 0.5) is 0 Å². The summed E-state index contributed by atoms with van der Waals surface area (Å²) in [5, 5.41) is 17.6. The number of benzene rings is 2. The van der Waals surface area contributed by atoms with Gasteiger partial charge in [0.1, 0.15) is 0 Å². The Labute approximate surface area is 138 Å². The highest BCUT2D eigenvalue weighted by Crippen LogP contribution is 2.21. The molecule has 0 unspecified atom stereocenters. The van der Waals surface area contributed by atoms with Crippen molar-refractivity contribution in [2.24, 2.45) is 0 Å². The second-order valence-corrected chi connectivity index (χ2v) is 5.86. The number of rotatable bonds is 2. The fourth-order valence-corrected chi connectivity index (χ4v) is 2.30. The summed E-state index contributed by atoms with van der Waals surface area (Å²) < 4.78 is 1.58. The van der Waals surface area contributed by atoms with Crippen molar-refractivity contribution in [2.75, 3.05) is 0 Å². The van der Waals surface area contributed by atoms with Crippen LogP contribution in [0.25, 0.3) is 0 Å². The van der Waals surface area contributed by atoms with Crippen LogP contribution in [0.15, 0.2) is 51.4 Å². The molecule has 0 saturated heterocycles. The number of hydrogen-bond donors (Lipinski definition) is 2. The summed E-state index contributed by atoms with van der Waals surface area (Å²) in [6.45, 7) is 1.47. The molecule has 0 heterocycles. The minimum absolute atomic E-state index is 0.00299. The van der Waals surface area contributed by atoms with E-state index in [1.165, 1.54) is 19.1 Å². The predicted molar refractivity (Wildman–Crippen MR) is 86.9 cm³/mol. The second kappa shape index (κ2) is 7.95. The van der Waals surface area contributed by atoms with Gasteiger partial charge in [0.2, 0.25) is 0 Å². The first-order valence-corrected chi connectivity index (χ1v) is 7.38. The van der Waals surface area contributed by atoms with E-state index in [-0.39, 0.29) is 16.7 Å². The summed E-state index contributed by atoms with van der Waals surface area (Å²) in [4.78, 5) is 21.5. The van der Waals surface area contributed by atoms with E-state index in [2.05, 4.69) is 31.9 Å². The zero-order valence-corrected chi connectivity index (χ0v) is 14.2. The van der Waals surface area contributed by atoms with Gasteiger partial charge in [0, 0.05) is 8.95 Å². The Balaban J connectivity index is 0.000000262. The fraction of sp³-hybridized carbons (Fsp3) is 0.0667. The van der Waals surface area contributed by atoms with Crippen molar-refractivity contribution in [3.05, 3.63) is 68.1 Å². The van der Waals surface area contributed by atoms with Crippen LogP contribution in [0.3, 0.4) is 0 Å². The molecular weight excluding hydrogens is 404 g/mol. The first kappa shape index (κ1) is 17.4. The average molecular weight is 416 g/mol. The van der Waals surface area contributed by atoms with Crippen LogP contribution >= 0.6 is 31.9 Å². The lowest BCUT2D eigenvalue weighted by Gasteiger charge is -2.05. The SMILES string of the molecule is Brc1ccccc1.Cc1c(C(=O)O)cc(Br)cc1C(=O)O. The van der Waals surface area contributed by atoms with E-state index in [1.807, 2.05) is 30.3 Å². The molecular formula is C15H12Br2O4. The highest BCUT2D eigenvalue weighted by molar-refractivity contribution is 9.10. The number of carboxylic acids is 2. The largest absolute Gasteiger partial charge is 0.478 e. The summed E-state index contributed by atoms with van der Waals surface area (Å²) in [6, 6.07) is 12.7. The molecule has 0 saturated carbocycles. The highest BCUT2D eigenvalue weighted by atomic mass is 79.9. The highest BCUT2D eigenvalue weighted by Gasteiger charge is 2.15. The third kappa shape index (κ3) is 5.32. The van der Waals surface area contributed by atoms with Gasteiger partial charge in [-0.25, -0.2) is 9.59 Å². The molecule has 0 aromatic heterocycles. The van der Waals surface area contributed by atoms with Gasteiger partial charge in [0.05, 0.1) is 11.1 Å². The van der Waals surface area contributed by atoms with Gasteiger partial charge < -0.3 is 10.2 Å². The average Bonchev–Trinajstić information content (AvgIpc) is 2.42. The maximum atomic E-state index is 10.7. The molecule has 0 aliphatic heterocycles. The van der Waals surface area contributed by atoms with E-state index in [1.54, 1.807) is 0 Å². The van der Waals surface area contributed by atoms with Gasteiger partial charge in [0.25, 0.3) is 0 Å². The number of carboxylic acid groups (broad SMARTS) is 2. The fourth-order valence-electron chi connectivity index (χ4n) is 1.54. The summed E-state index contributed by atoms with van der Waals surface area (Å²) >= 11 is 6.37. The third-order valence-electron chi connectivity index (χ3n) is 2.57. The standard InChI is InChI=1S/C9H7BrO4.C6H5Br/c1-4-6(8(11)12)2-5(10)3-7(4)9(13)14;7-6-4-2-1-3-5-6/h2-3H,1H3,(H,11,12)(H,13,14);1-5H. The van der Waals surface area contributed by atoms with Crippen molar-refractivity contribution in [3.63, 3.8) is 0 Å². The van der Waals surface area contributed by atoms with Gasteiger partial charge in [-0.15, -0.1) is 0 Å². The van der Waals surface area contributed by atoms with Gasteiger partial charge in [-0.05, 0) is 36.8 Å². The lowest BCUT2D eigenvalue weighted by molar-refractivity contribution is 0.0696. The smallest absolute Gasteiger partial charge is 0.336 e. The molecule has 4 nitrogen and oxygen atoms in total. The minimum Gasteiger partial charge on any atom is -0.478 e.